The van der Waals surface area contributed by atoms with Crippen LogP contribution in [-0.4, -0.2) is 48.4 Å². The Kier molecular flexibility index (Phi) is 6.55. The van der Waals surface area contributed by atoms with Crippen molar-refractivity contribution in [2.45, 2.75) is 33.6 Å². The molecule has 122 valence electrons. The predicted octanol–water partition coefficient (Wildman–Crippen LogP) is 0.0827. The van der Waals surface area contributed by atoms with E-state index in [1.165, 1.54) is 0 Å². The number of rotatable bonds is 7. The Bertz CT molecular complexity index is 491. The molecule has 0 saturated carbocycles. The SMILES string of the molecule is CCCCN1C(=O)C(=O)NC1=C(C(=O)OCC)C(=O)OCC. The van der Waals surface area contributed by atoms with Gasteiger partial charge in [0.2, 0.25) is 0 Å². The highest BCUT2D eigenvalue weighted by atomic mass is 16.6. The Morgan fingerprint density at radius 3 is 2.05 bits per heavy atom. The highest BCUT2D eigenvalue weighted by molar-refractivity contribution is 6.38. The summed E-state index contributed by atoms with van der Waals surface area (Å²) in [5.41, 5.74) is -0.473. The number of hydrogen-bond donors (Lipinski definition) is 1. The van der Waals surface area contributed by atoms with E-state index in [9.17, 15) is 19.2 Å². The first-order chi connectivity index (χ1) is 10.5. The number of amides is 2. The van der Waals surface area contributed by atoms with Crippen LogP contribution >= 0.6 is 0 Å². The average Bonchev–Trinajstić information content (AvgIpc) is 2.73. The third-order valence-electron chi connectivity index (χ3n) is 2.87. The summed E-state index contributed by atoms with van der Waals surface area (Å²) >= 11 is 0. The van der Waals surface area contributed by atoms with E-state index >= 15 is 0 Å². The van der Waals surface area contributed by atoms with Crippen molar-refractivity contribution in [1.29, 1.82) is 0 Å². The van der Waals surface area contributed by atoms with Crippen molar-refractivity contribution in [3.63, 3.8) is 0 Å². The number of esters is 2. The molecule has 0 unspecified atom stereocenters. The van der Waals surface area contributed by atoms with Gasteiger partial charge < -0.3 is 14.8 Å². The highest BCUT2D eigenvalue weighted by Crippen LogP contribution is 2.18. The minimum atomic E-state index is -0.938. The molecular formula is C14H20N2O6. The minimum Gasteiger partial charge on any atom is -0.462 e. The number of hydrogen-bond acceptors (Lipinski definition) is 6. The zero-order valence-corrected chi connectivity index (χ0v) is 12.9. The molecule has 1 fully saturated rings. The minimum absolute atomic E-state index is 0.0475. The van der Waals surface area contributed by atoms with Crippen molar-refractivity contribution < 1.29 is 28.7 Å². The molecule has 1 saturated heterocycles. The van der Waals surface area contributed by atoms with Crippen LogP contribution in [0.25, 0.3) is 0 Å². The van der Waals surface area contributed by atoms with Gasteiger partial charge in [0, 0.05) is 6.54 Å². The fourth-order valence-electron chi connectivity index (χ4n) is 1.86. The molecule has 2 amide bonds. The van der Waals surface area contributed by atoms with Crippen LogP contribution < -0.4 is 5.32 Å². The zero-order valence-electron chi connectivity index (χ0n) is 12.9. The van der Waals surface area contributed by atoms with E-state index in [1.54, 1.807) is 13.8 Å². The zero-order chi connectivity index (χ0) is 16.7. The van der Waals surface area contributed by atoms with Crippen LogP contribution in [0.1, 0.15) is 33.6 Å². The summed E-state index contributed by atoms with van der Waals surface area (Å²) in [5.74, 6) is -3.74. The van der Waals surface area contributed by atoms with Crippen LogP contribution in [0.15, 0.2) is 11.4 Å². The van der Waals surface area contributed by atoms with Gasteiger partial charge in [-0.15, -0.1) is 0 Å². The molecule has 0 spiro atoms. The molecule has 8 nitrogen and oxygen atoms in total. The molecule has 1 heterocycles. The van der Waals surface area contributed by atoms with Gasteiger partial charge in [-0.1, -0.05) is 13.3 Å². The van der Waals surface area contributed by atoms with Crippen molar-refractivity contribution >= 4 is 23.8 Å². The number of ether oxygens (including phenoxy) is 2. The maximum Gasteiger partial charge on any atom is 0.349 e. The summed E-state index contributed by atoms with van der Waals surface area (Å²) in [5, 5.41) is 2.26. The van der Waals surface area contributed by atoms with Crippen molar-refractivity contribution in [3.8, 4) is 0 Å². The van der Waals surface area contributed by atoms with E-state index in [4.69, 9.17) is 9.47 Å². The van der Waals surface area contributed by atoms with Crippen LogP contribution in [0, 0.1) is 0 Å². The Labute approximate surface area is 128 Å². The number of nitrogens with one attached hydrogen (secondary N) is 1. The van der Waals surface area contributed by atoms with Gasteiger partial charge in [0.15, 0.2) is 5.57 Å². The summed E-state index contributed by atoms with van der Waals surface area (Å²) in [6, 6.07) is 0. The van der Waals surface area contributed by atoms with E-state index < -0.39 is 29.3 Å². The number of nitrogens with zero attached hydrogens (tertiary/aromatic N) is 1. The molecule has 0 aromatic rings. The second kappa shape index (κ2) is 8.16. The van der Waals surface area contributed by atoms with E-state index in [0.29, 0.717) is 6.42 Å². The summed E-state index contributed by atoms with van der Waals surface area (Å²) in [6.07, 6.45) is 1.39. The molecular weight excluding hydrogens is 292 g/mol. The third kappa shape index (κ3) is 3.84. The number of carbonyl (C=O) groups excluding carboxylic acids is 4. The molecule has 22 heavy (non-hydrogen) atoms. The first kappa shape index (κ1) is 17.7. The van der Waals surface area contributed by atoms with Gasteiger partial charge in [-0.05, 0) is 20.3 Å². The fourth-order valence-corrected chi connectivity index (χ4v) is 1.86. The van der Waals surface area contributed by atoms with E-state index in [0.717, 1.165) is 11.3 Å². The van der Waals surface area contributed by atoms with Gasteiger partial charge >= 0.3 is 23.8 Å². The Morgan fingerprint density at radius 2 is 1.59 bits per heavy atom. The quantitative estimate of drug-likeness (QED) is 0.235. The van der Waals surface area contributed by atoms with Gasteiger partial charge in [0.25, 0.3) is 0 Å². The van der Waals surface area contributed by atoms with Gasteiger partial charge in [0.1, 0.15) is 5.82 Å². The van der Waals surface area contributed by atoms with Crippen molar-refractivity contribution in [1.82, 2.24) is 10.2 Å². The maximum absolute atomic E-state index is 12.0. The third-order valence-corrected chi connectivity index (χ3v) is 2.87. The monoisotopic (exact) mass is 312 g/mol. The normalized spacial score (nSPS) is 14.0. The Hall–Kier alpha value is -2.38. The molecule has 0 aromatic carbocycles. The summed E-state index contributed by atoms with van der Waals surface area (Å²) in [7, 11) is 0. The number of carbonyl (C=O) groups is 4. The first-order valence-electron chi connectivity index (χ1n) is 7.19. The number of unbranched alkanes of at least 4 members (excludes halogenated alkanes) is 1. The first-order valence-corrected chi connectivity index (χ1v) is 7.19. The van der Waals surface area contributed by atoms with Crippen molar-refractivity contribution in [2.24, 2.45) is 0 Å². The van der Waals surface area contributed by atoms with Crippen LogP contribution in [0.3, 0.4) is 0 Å². The maximum atomic E-state index is 12.0. The summed E-state index contributed by atoms with van der Waals surface area (Å²) in [6.45, 7) is 5.39. The fraction of sp³-hybridized carbons (Fsp3) is 0.571. The van der Waals surface area contributed by atoms with Crippen LogP contribution in [0.2, 0.25) is 0 Å². The van der Waals surface area contributed by atoms with E-state index in [-0.39, 0.29) is 25.6 Å². The lowest BCUT2D eigenvalue weighted by Crippen LogP contribution is -2.31. The summed E-state index contributed by atoms with van der Waals surface area (Å²) < 4.78 is 9.64. The van der Waals surface area contributed by atoms with Gasteiger partial charge in [-0.3, -0.25) is 14.5 Å². The van der Waals surface area contributed by atoms with Gasteiger partial charge in [-0.2, -0.15) is 0 Å². The molecule has 0 bridgehead atoms. The molecule has 1 aliphatic rings. The molecule has 0 aromatic heterocycles. The van der Waals surface area contributed by atoms with Crippen LogP contribution in [-0.2, 0) is 28.7 Å². The summed E-state index contributed by atoms with van der Waals surface area (Å²) in [4.78, 5) is 48.5. The van der Waals surface area contributed by atoms with Crippen molar-refractivity contribution in [3.05, 3.63) is 11.4 Å². The molecule has 1 N–H and O–H groups in total. The molecule has 0 radical (unpaired) electrons. The van der Waals surface area contributed by atoms with Gasteiger partial charge in [-0.25, -0.2) is 9.59 Å². The molecule has 1 aliphatic heterocycles. The second-order valence-electron chi connectivity index (χ2n) is 4.43. The van der Waals surface area contributed by atoms with Crippen LogP contribution in [0.5, 0.6) is 0 Å². The van der Waals surface area contributed by atoms with Gasteiger partial charge in [0.05, 0.1) is 13.2 Å². The molecule has 8 heteroatoms. The Balaban J connectivity index is 3.27. The lowest BCUT2D eigenvalue weighted by molar-refractivity contribution is -0.146. The standard InChI is InChI=1S/C14H20N2O6/c1-4-7-8-16-10(15-11(17)12(16)18)9(13(19)21-5-2)14(20)22-6-3/h4-8H2,1-3H3,(H,15,17). The average molecular weight is 312 g/mol. The van der Waals surface area contributed by atoms with Crippen LogP contribution in [0.4, 0.5) is 0 Å². The van der Waals surface area contributed by atoms with E-state index in [1.807, 2.05) is 6.92 Å². The van der Waals surface area contributed by atoms with Crippen molar-refractivity contribution in [2.75, 3.05) is 19.8 Å². The largest absolute Gasteiger partial charge is 0.462 e. The lowest BCUT2D eigenvalue weighted by Gasteiger charge is -2.18. The lowest BCUT2D eigenvalue weighted by atomic mass is 10.2. The smallest absolute Gasteiger partial charge is 0.349 e. The predicted molar refractivity (Wildman–Crippen MR) is 75.1 cm³/mol. The topological polar surface area (TPSA) is 102 Å². The highest BCUT2D eigenvalue weighted by Gasteiger charge is 2.40. The molecule has 0 atom stereocenters. The van der Waals surface area contributed by atoms with E-state index in [2.05, 4.69) is 5.32 Å². The molecule has 0 aliphatic carbocycles. The Morgan fingerprint density at radius 1 is 1.05 bits per heavy atom. The second-order valence-corrected chi connectivity index (χ2v) is 4.43. The molecule has 1 rings (SSSR count).